The minimum Gasteiger partial charge on any atom is -0.396 e. The van der Waals surface area contributed by atoms with Crippen LogP contribution in [0.3, 0.4) is 0 Å². The van der Waals surface area contributed by atoms with Crippen LogP contribution in [0.4, 0.5) is 13.2 Å². The number of thiophene rings is 1. The Morgan fingerprint density at radius 3 is 2.34 bits per heavy atom. The van der Waals surface area contributed by atoms with E-state index in [1.807, 2.05) is 12.1 Å². The lowest BCUT2D eigenvalue weighted by Gasteiger charge is -2.07. The third-order valence-electron chi connectivity index (χ3n) is 4.32. The number of benzene rings is 2. The van der Waals surface area contributed by atoms with E-state index in [1.165, 1.54) is 6.07 Å². The number of alkyl halides is 3. The van der Waals surface area contributed by atoms with Gasteiger partial charge in [0.15, 0.2) is 0 Å². The molecule has 0 aliphatic rings. The summed E-state index contributed by atoms with van der Waals surface area (Å²) in [5.41, 5.74) is 2.20. The predicted molar refractivity (Wildman–Crippen MR) is 104 cm³/mol. The molecule has 0 atom stereocenters. The summed E-state index contributed by atoms with van der Waals surface area (Å²) >= 11 is 0.583. The molecule has 0 amide bonds. The molecule has 4 nitrogen and oxygen atoms in total. The minimum atomic E-state index is -4.49. The minimum absolute atomic E-state index is 0.0390. The number of aliphatic hydroxyl groups is 1. The first-order chi connectivity index (χ1) is 14.0. The zero-order valence-corrected chi connectivity index (χ0v) is 15.8. The smallest absolute Gasteiger partial charge is 0.396 e. The Kier molecular flexibility index (Phi) is 5.21. The molecule has 0 fully saturated rings. The second-order valence-corrected chi connectivity index (χ2v) is 7.36. The van der Waals surface area contributed by atoms with E-state index in [2.05, 4.69) is 10.1 Å². The zero-order chi connectivity index (χ0) is 20.4. The van der Waals surface area contributed by atoms with Gasteiger partial charge in [0.1, 0.15) is 4.88 Å². The van der Waals surface area contributed by atoms with E-state index >= 15 is 0 Å². The van der Waals surface area contributed by atoms with Gasteiger partial charge in [0.25, 0.3) is 5.89 Å². The molecule has 0 unspecified atom stereocenters. The van der Waals surface area contributed by atoms with Crippen LogP contribution in [0.2, 0.25) is 0 Å². The lowest BCUT2D eigenvalue weighted by Crippen LogP contribution is -2.03. The van der Waals surface area contributed by atoms with E-state index in [1.54, 1.807) is 42.5 Å². The molecule has 0 saturated carbocycles. The second-order valence-electron chi connectivity index (χ2n) is 6.31. The van der Waals surface area contributed by atoms with Crippen LogP contribution in [0.5, 0.6) is 0 Å². The molecule has 2 aromatic heterocycles. The van der Waals surface area contributed by atoms with Crippen LogP contribution >= 0.6 is 11.3 Å². The maximum absolute atomic E-state index is 13.6. The molecule has 29 heavy (non-hydrogen) atoms. The average Bonchev–Trinajstić information content (AvgIpc) is 3.37. The maximum atomic E-state index is 13.6. The summed E-state index contributed by atoms with van der Waals surface area (Å²) in [6.45, 7) is 0.0510. The number of aromatic nitrogens is 2. The van der Waals surface area contributed by atoms with Gasteiger partial charge in [-0.3, -0.25) is 0 Å². The summed E-state index contributed by atoms with van der Waals surface area (Å²) < 4.78 is 45.9. The van der Waals surface area contributed by atoms with Gasteiger partial charge >= 0.3 is 6.18 Å². The van der Waals surface area contributed by atoms with Crippen molar-refractivity contribution in [1.29, 1.82) is 0 Å². The van der Waals surface area contributed by atoms with Crippen molar-refractivity contribution in [3.8, 4) is 33.3 Å². The zero-order valence-electron chi connectivity index (χ0n) is 15.0. The number of nitrogens with zero attached hydrogens (tertiary/aromatic N) is 2. The largest absolute Gasteiger partial charge is 0.426 e. The third-order valence-corrected chi connectivity index (χ3v) is 5.49. The van der Waals surface area contributed by atoms with Gasteiger partial charge in [0.2, 0.25) is 5.82 Å². The van der Waals surface area contributed by atoms with Crippen LogP contribution in [0.15, 0.2) is 65.2 Å². The maximum Gasteiger partial charge on any atom is 0.426 e. The van der Waals surface area contributed by atoms with Gasteiger partial charge in [0.05, 0.1) is 4.88 Å². The van der Waals surface area contributed by atoms with Crippen LogP contribution in [-0.2, 0) is 12.6 Å². The van der Waals surface area contributed by atoms with Crippen molar-refractivity contribution >= 4 is 11.3 Å². The molecule has 2 aromatic carbocycles. The van der Waals surface area contributed by atoms with Gasteiger partial charge in [-0.2, -0.15) is 18.2 Å². The lowest BCUT2D eigenvalue weighted by molar-refractivity contribution is -0.133. The molecule has 2 heterocycles. The van der Waals surface area contributed by atoms with E-state index in [-0.39, 0.29) is 22.9 Å². The Morgan fingerprint density at radius 1 is 0.966 bits per heavy atom. The SMILES string of the molecule is OCCc1ccc(-c2noc(-c3cc(-c4ccccc4)c(C(F)(F)F)s3)n2)cc1. The molecule has 1 N–H and O–H groups in total. The normalized spacial score (nSPS) is 11.7. The molecular weight excluding hydrogens is 401 g/mol. The number of rotatable bonds is 5. The Hall–Kier alpha value is -2.97. The topological polar surface area (TPSA) is 59.2 Å². The van der Waals surface area contributed by atoms with Crippen molar-refractivity contribution in [3.63, 3.8) is 0 Å². The van der Waals surface area contributed by atoms with Gasteiger partial charge in [-0.15, -0.1) is 11.3 Å². The van der Waals surface area contributed by atoms with E-state index in [0.29, 0.717) is 34.7 Å². The highest BCUT2D eigenvalue weighted by Gasteiger charge is 2.37. The van der Waals surface area contributed by atoms with Crippen LogP contribution in [-0.4, -0.2) is 21.9 Å². The van der Waals surface area contributed by atoms with Gasteiger partial charge < -0.3 is 9.63 Å². The predicted octanol–water partition coefficient (Wildman–Crippen LogP) is 5.69. The van der Waals surface area contributed by atoms with Gasteiger partial charge in [-0.05, 0) is 23.6 Å². The van der Waals surface area contributed by atoms with Crippen molar-refractivity contribution in [2.24, 2.45) is 0 Å². The van der Waals surface area contributed by atoms with E-state index in [4.69, 9.17) is 9.63 Å². The third kappa shape index (κ3) is 4.08. The molecule has 4 rings (SSSR count). The highest BCUT2D eigenvalue weighted by atomic mass is 32.1. The quantitative estimate of drug-likeness (QED) is 0.454. The highest BCUT2D eigenvalue weighted by Crippen LogP contribution is 2.45. The molecule has 148 valence electrons. The van der Waals surface area contributed by atoms with Crippen LogP contribution in [0.25, 0.3) is 33.3 Å². The van der Waals surface area contributed by atoms with E-state index in [0.717, 1.165) is 5.56 Å². The van der Waals surface area contributed by atoms with Gasteiger partial charge in [-0.1, -0.05) is 59.8 Å². The van der Waals surface area contributed by atoms with Crippen molar-refractivity contribution in [3.05, 3.63) is 71.1 Å². The molecule has 4 aromatic rings. The first-order valence-electron chi connectivity index (χ1n) is 8.76. The molecule has 0 radical (unpaired) electrons. The summed E-state index contributed by atoms with van der Waals surface area (Å²) in [6, 6.07) is 17.1. The fourth-order valence-corrected chi connectivity index (χ4v) is 3.90. The summed E-state index contributed by atoms with van der Waals surface area (Å²) in [6.07, 6.45) is -3.95. The van der Waals surface area contributed by atoms with Crippen molar-refractivity contribution < 1.29 is 22.8 Å². The Balaban J connectivity index is 1.70. The Bertz CT molecular complexity index is 1100. The molecule has 0 bridgehead atoms. The van der Waals surface area contributed by atoms with Crippen molar-refractivity contribution in [2.75, 3.05) is 6.61 Å². The van der Waals surface area contributed by atoms with E-state index in [9.17, 15) is 13.2 Å². The summed E-state index contributed by atoms with van der Waals surface area (Å²) in [4.78, 5) is 3.83. The molecule has 0 spiro atoms. The lowest BCUT2D eigenvalue weighted by atomic mass is 10.1. The molecular formula is C21H15F3N2O2S. The van der Waals surface area contributed by atoms with Crippen LogP contribution < -0.4 is 0 Å². The van der Waals surface area contributed by atoms with Crippen LogP contribution in [0, 0.1) is 0 Å². The second kappa shape index (κ2) is 7.81. The summed E-state index contributed by atoms with van der Waals surface area (Å²) in [5, 5.41) is 12.9. The fraction of sp³-hybridized carbons (Fsp3) is 0.143. The number of hydrogen-bond donors (Lipinski definition) is 1. The van der Waals surface area contributed by atoms with Crippen LogP contribution in [0.1, 0.15) is 10.4 Å². The monoisotopic (exact) mass is 416 g/mol. The average molecular weight is 416 g/mol. The van der Waals surface area contributed by atoms with Gasteiger partial charge in [-0.25, -0.2) is 0 Å². The van der Waals surface area contributed by atoms with Crippen molar-refractivity contribution in [1.82, 2.24) is 10.1 Å². The highest BCUT2D eigenvalue weighted by molar-refractivity contribution is 7.16. The summed E-state index contributed by atoms with van der Waals surface area (Å²) in [7, 11) is 0. The Labute approximate surface area is 168 Å². The number of hydrogen-bond acceptors (Lipinski definition) is 5. The van der Waals surface area contributed by atoms with Crippen molar-refractivity contribution in [2.45, 2.75) is 12.6 Å². The molecule has 0 aliphatic carbocycles. The Morgan fingerprint density at radius 2 is 1.69 bits per heavy atom. The number of halogens is 3. The van der Waals surface area contributed by atoms with Gasteiger partial charge in [0, 0.05) is 17.7 Å². The fourth-order valence-electron chi connectivity index (χ4n) is 2.93. The molecule has 0 aliphatic heterocycles. The van der Waals surface area contributed by atoms with E-state index < -0.39 is 11.1 Å². The summed E-state index contributed by atoms with van der Waals surface area (Å²) in [5.74, 6) is 0.330. The first-order valence-corrected chi connectivity index (χ1v) is 9.58. The standard InChI is InChI=1S/C21H15F3N2O2S/c22-21(23,24)18-16(14-4-2-1-3-5-14)12-17(29-18)20-25-19(26-28-20)15-8-6-13(7-9-15)10-11-27/h1-9,12,27H,10-11H2. The number of aliphatic hydroxyl groups excluding tert-OH is 1. The molecule has 8 heteroatoms. The first kappa shape index (κ1) is 19.4. The molecule has 0 saturated heterocycles.